The van der Waals surface area contributed by atoms with E-state index >= 15 is 0 Å². The van der Waals surface area contributed by atoms with Crippen molar-refractivity contribution in [2.75, 3.05) is 12.5 Å². The zero-order valence-corrected chi connectivity index (χ0v) is 8.99. The van der Waals surface area contributed by atoms with Gasteiger partial charge in [0.2, 0.25) is 0 Å². The van der Waals surface area contributed by atoms with Crippen molar-refractivity contribution >= 4 is 11.6 Å². The lowest BCUT2D eigenvalue weighted by Crippen LogP contribution is -2.14. The van der Waals surface area contributed by atoms with E-state index in [0.717, 1.165) is 13.0 Å². The number of alkyl halides is 1. The van der Waals surface area contributed by atoms with Gasteiger partial charge in [-0.2, -0.15) is 0 Å². The van der Waals surface area contributed by atoms with Crippen LogP contribution in [0.15, 0.2) is 18.2 Å². The summed E-state index contributed by atoms with van der Waals surface area (Å²) < 4.78 is 0. The fourth-order valence-electron chi connectivity index (χ4n) is 1.26. The minimum Gasteiger partial charge on any atom is -0.304 e. The molecule has 0 radical (unpaired) electrons. The van der Waals surface area contributed by atoms with Crippen molar-refractivity contribution in [2.24, 2.45) is 0 Å². The summed E-state index contributed by atoms with van der Waals surface area (Å²) in [5.41, 5.74) is 4.10. The minimum absolute atomic E-state index is 0.533. The van der Waals surface area contributed by atoms with Gasteiger partial charge in [-0.3, -0.25) is 0 Å². The number of hydrogen-bond acceptors (Lipinski definition) is 1. The molecule has 1 nitrogen and oxygen atoms in total. The van der Waals surface area contributed by atoms with Gasteiger partial charge in [-0.05, 0) is 37.0 Å². The molecule has 0 aliphatic heterocycles. The van der Waals surface area contributed by atoms with Crippen LogP contribution in [0.3, 0.4) is 0 Å². The summed E-state index contributed by atoms with van der Waals surface area (Å²) in [7, 11) is 0. The lowest BCUT2D eigenvalue weighted by molar-refractivity contribution is 0.770. The SMILES string of the molecule is Cc1ccc(CCNCCl)cc1C. The van der Waals surface area contributed by atoms with Crippen molar-refractivity contribution in [3.8, 4) is 0 Å². The average Bonchev–Trinajstić information content (AvgIpc) is 2.12. The highest BCUT2D eigenvalue weighted by Gasteiger charge is 1.95. The van der Waals surface area contributed by atoms with Gasteiger partial charge in [0.05, 0.1) is 6.00 Å². The molecule has 0 aromatic heterocycles. The Morgan fingerprint density at radius 1 is 1.23 bits per heavy atom. The van der Waals surface area contributed by atoms with Gasteiger partial charge in [0.25, 0.3) is 0 Å². The summed E-state index contributed by atoms with van der Waals surface area (Å²) in [5.74, 6) is 0. The Morgan fingerprint density at radius 3 is 2.62 bits per heavy atom. The molecule has 0 spiro atoms. The van der Waals surface area contributed by atoms with Gasteiger partial charge < -0.3 is 5.32 Å². The van der Waals surface area contributed by atoms with Gasteiger partial charge in [0, 0.05) is 6.54 Å². The second kappa shape index (κ2) is 5.25. The molecule has 0 unspecified atom stereocenters. The molecule has 0 amide bonds. The van der Waals surface area contributed by atoms with Gasteiger partial charge in [-0.15, -0.1) is 11.6 Å². The van der Waals surface area contributed by atoms with Crippen LogP contribution in [0.25, 0.3) is 0 Å². The molecule has 0 fully saturated rings. The molecule has 72 valence electrons. The molecule has 0 atom stereocenters. The molecule has 1 aromatic rings. The number of halogens is 1. The summed E-state index contributed by atoms with van der Waals surface area (Å²) >= 11 is 5.51. The summed E-state index contributed by atoms with van der Waals surface area (Å²) in [4.78, 5) is 0. The summed E-state index contributed by atoms with van der Waals surface area (Å²) in [6.07, 6.45) is 1.05. The second-order valence-corrected chi connectivity index (χ2v) is 3.57. The Morgan fingerprint density at radius 2 is 2.00 bits per heavy atom. The first-order valence-electron chi connectivity index (χ1n) is 4.57. The molecule has 0 aliphatic carbocycles. The number of benzene rings is 1. The Hall–Kier alpha value is -0.530. The summed E-state index contributed by atoms with van der Waals surface area (Å²) in [6.45, 7) is 5.23. The lowest BCUT2D eigenvalue weighted by Gasteiger charge is -2.05. The van der Waals surface area contributed by atoms with Crippen LogP contribution in [0.4, 0.5) is 0 Å². The molecule has 13 heavy (non-hydrogen) atoms. The number of nitrogens with one attached hydrogen (secondary N) is 1. The quantitative estimate of drug-likeness (QED) is 0.445. The van der Waals surface area contributed by atoms with Gasteiger partial charge in [-0.25, -0.2) is 0 Å². The number of rotatable bonds is 4. The van der Waals surface area contributed by atoms with E-state index in [-0.39, 0.29) is 0 Å². The van der Waals surface area contributed by atoms with Crippen molar-refractivity contribution in [3.05, 3.63) is 34.9 Å². The first-order chi connectivity index (χ1) is 6.24. The van der Waals surface area contributed by atoms with Crippen molar-refractivity contribution < 1.29 is 0 Å². The Bertz CT molecular complexity index is 271. The van der Waals surface area contributed by atoms with E-state index in [4.69, 9.17) is 11.6 Å². The van der Waals surface area contributed by atoms with Crippen molar-refractivity contribution in [1.29, 1.82) is 0 Å². The summed E-state index contributed by atoms with van der Waals surface area (Å²) in [6, 6.07) is 7.12. The van der Waals surface area contributed by atoms with Crippen LogP contribution < -0.4 is 5.32 Å². The van der Waals surface area contributed by atoms with Crippen LogP contribution in [0, 0.1) is 13.8 Å². The molecular weight excluding hydrogens is 182 g/mol. The molecule has 0 heterocycles. The maximum absolute atomic E-state index is 5.51. The highest BCUT2D eigenvalue weighted by Crippen LogP contribution is 2.09. The van der Waals surface area contributed by atoms with Gasteiger partial charge in [-0.1, -0.05) is 18.2 Å². The predicted molar refractivity (Wildman–Crippen MR) is 58.3 cm³/mol. The molecular formula is C11H16ClN. The van der Waals surface area contributed by atoms with Gasteiger partial charge in [0.1, 0.15) is 0 Å². The maximum Gasteiger partial charge on any atom is 0.0713 e. The minimum atomic E-state index is 0.533. The predicted octanol–water partition coefficient (Wildman–Crippen LogP) is 2.63. The largest absolute Gasteiger partial charge is 0.304 e. The van der Waals surface area contributed by atoms with E-state index in [0.29, 0.717) is 6.00 Å². The molecule has 0 saturated carbocycles. The third-order valence-corrected chi connectivity index (χ3v) is 2.45. The second-order valence-electron chi connectivity index (χ2n) is 3.30. The Kier molecular flexibility index (Phi) is 4.26. The van der Waals surface area contributed by atoms with E-state index in [2.05, 4.69) is 37.4 Å². The van der Waals surface area contributed by atoms with Gasteiger partial charge >= 0.3 is 0 Å². The smallest absolute Gasteiger partial charge is 0.0713 e. The standard InChI is InChI=1S/C11H16ClN/c1-9-3-4-11(7-10(9)2)5-6-13-8-12/h3-4,7,13H,5-6,8H2,1-2H3. The van der Waals surface area contributed by atoms with Crippen molar-refractivity contribution in [1.82, 2.24) is 5.32 Å². The monoisotopic (exact) mass is 197 g/mol. The van der Waals surface area contributed by atoms with Crippen LogP contribution in [0.2, 0.25) is 0 Å². The van der Waals surface area contributed by atoms with E-state index in [9.17, 15) is 0 Å². The highest BCUT2D eigenvalue weighted by molar-refractivity contribution is 6.17. The molecule has 0 saturated heterocycles. The van der Waals surface area contributed by atoms with Gasteiger partial charge in [0.15, 0.2) is 0 Å². The Balaban J connectivity index is 2.53. The lowest BCUT2D eigenvalue weighted by atomic mass is 10.0. The first-order valence-corrected chi connectivity index (χ1v) is 5.10. The van der Waals surface area contributed by atoms with E-state index in [1.807, 2.05) is 0 Å². The van der Waals surface area contributed by atoms with Crippen LogP contribution in [0.1, 0.15) is 16.7 Å². The third kappa shape index (κ3) is 3.37. The average molecular weight is 198 g/mol. The molecule has 2 heteroatoms. The van der Waals surface area contributed by atoms with E-state index in [1.54, 1.807) is 0 Å². The normalized spacial score (nSPS) is 10.4. The van der Waals surface area contributed by atoms with Crippen molar-refractivity contribution in [3.63, 3.8) is 0 Å². The Labute approximate surface area is 85.1 Å². The molecule has 0 aliphatic rings. The van der Waals surface area contributed by atoms with Crippen molar-refractivity contribution in [2.45, 2.75) is 20.3 Å². The number of hydrogen-bond donors (Lipinski definition) is 1. The highest BCUT2D eigenvalue weighted by atomic mass is 35.5. The van der Waals surface area contributed by atoms with E-state index in [1.165, 1.54) is 16.7 Å². The zero-order valence-electron chi connectivity index (χ0n) is 8.23. The van der Waals surface area contributed by atoms with Crippen LogP contribution in [0.5, 0.6) is 0 Å². The van der Waals surface area contributed by atoms with E-state index < -0.39 is 0 Å². The maximum atomic E-state index is 5.51. The zero-order chi connectivity index (χ0) is 9.68. The molecule has 1 N–H and O–H groups in total. The topological polar surface area (TPSA) is 12.0 Å². The van der Waals surface area contributed by atoms with Crippen LogP contribution >= 0.6 is 11.6 Å². The fourth-order valence-corrected chi connectivity index (χ4v) is 1.39. The molecule has 0 bridgehead atoms. The number of aryl methyl sites for hydroxylation is 2. The van der Waals surface area contributed by atoms with Crippen LogP contribution in [-0.4, -0.2) is 12.5 Å². The molecule has 1 rings (SSSR count). The first kappa shape index (κ1) is 10.6. The third-order valence-electron chi connectivity index (χ3n) is 2.26. The van der Waals surface area contributed by atoms with Crippen LogP contribution in [-0.2, 0) is 6.42 Å². The summed E-state index contributed by atoms with van der Waals surface area (Å²) in [5, 5.41) is 3.10. The fraction of sp³-hybridized carbons (Fsp3) is 0.455. The molecule has 1 aromatic carbocycles.